The summed E-state index contributed by atoms with van der Waals surface area (Å²) in [5.74, 6) is 0.824. The van der Waals surface area contributed by atoms with Gasteiger partial charge in [0.15, 0.2) is 0 Å². The van der Waals surface area contributed by atoms with E-state index in [1.54, 1.807) is 37.3 Å². The van der Waals surface area contributed by atoms with Crippen LogP contribution < -0.4 is 10.6 Å². The number of rotatable bonds is 6. The maximum absolute atomic E-state index is 12.4. The zero-order valence-corrected chi connectivity index (χ0v) is 14.0. The van der Waals surface area contributed by atoms with E-state index in [4.69, 9.17) is 5.26 Å². The van der Waals surface area contributed by atoms with Crippen LogP contribution in [0.5, 0.6) is 0 Å². The van der Waals surface area contributed by atoms with Crippen molar-refractivity contribution in [3.05, 3.63) is 47.4 Å². The number of likely N-dealkylation sites (N-methyl/N-ethyl adjacent to an activating group) is 1. The molecular weight excluding hydrogens is 304 g/mol. The van der Waals surface area contributed by atoms with Crippen molar-refractivity contribution in [3.63, 3.8) is 0 Å². The van der Waals surface area contributed by atoms with Crippen molar-refractivity contribution in [2.45, 2.75) is 6.92 Å². The Morgan fingerprint density at radius 3 is 2.58 bits per heavy atom. The zero-order chi connectivity index (χ0) is 17.5. The molecule has 0 saturated heterocycles. The van der Waals surface area contributed by atoms with Crippen molar-refractivity contribution in [2.75, 3.05) is 37.8 Å². The van der Waals surface area contributed by atoms with Crippen molar-refractivity contribution in [3.8, 4) is 6.07 Å². The lowest BCUT2D eigenvalue weighted by atomic mass is 10.2. The van der Waals surface area contributed by atoms with E-state index >= 15 is 0 Å². The Morgan fingerprint density at radius 1 is 1.25 bits per heavy atom. The van der Waals surface area contributed by atoms with Crippen LogP contribution in [0.15, 0.2) is 30.3 Å². The van der Waals surface area contributed by atoms with Gasteiger partial charge in [0.2, 0.25) is 0 Å². The number of hydrogen-bond acceptors (Lipinski definition) is 6. The molecule has 124 valence electrons. The third kappa shape index (κ3) is 5.04. The van der Waals surface area contributed by atoms with Crippen molar-refractivity contribution in [1.29, 1.82) is 5.26 Å². The van der Waals surface area contributed by atoms with E-state index in [1.807, 2.05) is 20.2 Å². The van der Waals surface area contributed by atoms with Crippen LogP contribution in [0, 0.1) is 18.3 Å². The first-order chi connectivity index (χ1) is 11.5. The summed E-state index contributed by atoms with van der Waals surface area (Å²) in [4.78, 5) is 22.9. The quantitative estimate of drug-likeness (QED) is 0.842. The number of carbonyl (C=O) groups excluding carboxylic acids is 1. The molecule has 1 heterocycles. The van der Waals surface area contributed by atoms with E-state index in [0.717, 1.165) is 13.1 Å². The zero-order valence-electron chi connectivity index (χ0n) is 14.0. The Hall–Kier alpha value is -2.98. The van der Waals surface area contributed by atoms with Crippen LogP contribution in [0.1, 0.15) is 21.9 Å². The summed E-state index contributed by atoms with van der Waals surface area (Å²) in [6.45, 7) is 3.32. The van der Waals surface area contributed by atoms with E-state index in [0.29, 0.717) is 28.6 Å². The van der Waals surface area contributed by atoms with Crippen molar-refractivity contribution in [2.24, 2.45) is 0 Å². The average molecular weight is 324 g/mol. The number of nitriles is 1. The van der Waals surface area contributed by atoms with Crippen molar-refractivity contribution in [1.82, 2.24) is 14.9 Å². The minimum atomic E-state index is -0.319. The number of hydrogen-bond donors (Lipinski definition) is 2. The molecule has 0 radical (unpaired) electrons. The van der Waals surface area contributed by atoms with Gasteiger partial charge in [-0.3, -0.25) is 4.79 Å². The average Bonchev–Trinajstić information content (AvgIpc) is 2.54. The van der Waals surface area contributed by atoms with E-state index < -0.39 is 0 Å². The van der Waals surface area contributed by atoms with Crippen LogP contribution in [0.3, 0.4) is 0 Å². The van der Waals surface area contributed by atoms with E-state index in [2.05, 4.69) is 25.5 Å². The second-order valence-corrected chi connectivity index (χ2v) is 5.56. The third-order valence-electron chi connectivity index (χ3n) is 3.21. The molecule has 1 aromatic carbocycles. The molecule has 0 unspecified atom stereocenters. The molecule has 1 amide bonds. The van der Waals surface area contributed by atoms with Gasteiger partial charge in [0.05, 0.1) is 11.6 Å². The van der Waals surface area contributed by atoms with Gasteiger partial charge in [-0.25, -0.2) is 9.97 Å². The van der Waals surface area contributed by atoms with E-state index in [9.17, 15) is 4.79 Å². The van der Waals surface area contributed by atoms with Gasteiger partial charge in [-0.2, -0.15) is 5.26 Å². The number of nitrogens with one attached hydrogen (secondary N) is 2. The predicted octanol–water partition coefficient (Wildman–Crippen LogP) is 1.88. The molecule has 0 bridgehead atoms. The highest BCUT2D eigenvalue weighted by atomic mass is 16.1. The molecule has 0 saturated carbocycles. The van der Waals surface area contributed by atoms with E-state index in [1.165, 1.54) is 0 Å². The minimum absolute atomic E-state index is 0.291. The molecule has 7 nitrogen and oxygen atoms in total. The van der Waals surface area contributed by atoms with Gasteiger partial charge in [0.1, 0.15) is 17.3 Å². The second kappa shape index (κ2) is 8.04. The normalized spacial score (nSPS) is 10.3. The van der Waals surface area contributed by atoms with Gasteiger partial charge in [0, 0.05) is 24.8 Å². The number of nitrogens with zero attached hydrogens (tertiary/aromatic N) is 4. The monoisotopic (exact) mass is 324 g/mol. The van der Waals surface area contributed by atoms with Gasteiger partial charge in [-0.1, -0.05) is 0 Å². The molecule has 7 heteroatoms. The molecule has 2 N–H and O–H groups in total. The molecule has 0 aliphatic carbocycles. The summed E-state index contributed by atoms with van der Waals surface area (Å²) in [6, 6.07) is 10.3. The SMILES string of the molecule is Cc1nc(NCCN(C)C)cc(C(=O)Nc2ccc(C#N)cc2)n1. The summed E-state index contributed by atoms with van der Waals surface area (Å²) < 4.78 is 0. The molecule has 0 spiro atoms. The van der Waals surface area contributed by atoms with Crippen LogP contribution in [0.2, 0.25) is 0 Å². The lowest BCUT2D eigenvalue weighted by Gasteiger charge is -2.12. The highest BCUT2D eigenvalue weighted by Gasteiger charge is 2.11. The molecule has 0 atom stereocenters. The van der Waals surface area contributed by atoms with Crippen LogP contribution in [0.25, 0.3) is 0 Å². The fourth-order valence-corrected chi connectivity index (χ4v) is 2.01. The highest BCUT2D eigenvalue weighted by Crippen LogP contribution is 2.12. The first-order valence-corrected chi connectivity index (χ1v) is 7.54. The summed E-state index contributed by atoms with van der Waals surface area (Å²) in [5.41, 5.74) is 1.44. The fourth-order valence-electron chi connectivity index (χ4n) is 2.01. The molecular formula is C17H20N6O. The van der Waals surface area contributed by atoms with E-state index in [-0.39, 0.29) is 5.91 Å². The molecule has 2 aromatic rings. The molecule has 1 aromatic heterocycles. The fraction of sp³-hybridized carbons (Fsp3) is 0.294. The molecule has 2 rings (SSSR count). The van der Waals surface area contributed by atoms with Crippen LogP contribution >= 0.6 is 0 Å². The number of benzene rings is 1. The molecule has 0 aliphatic rings. The lowest BCUT2D eigenvalue weighted by Crippen LogP contribution is -2.22. The van der Waals surface area contributed by atoms with Gasteiger partial charge in [0.25, 0.3) is 5.91 Å². The number of aryl methyl sites for hydroxylation is 1. The highest BCUT2D eigenvalue weighted by molar-refractivity contribution is 6.03. The Bertz CT molecular complexity index is 749. The first-order valence-electron chi connectivity index (χ1n) is 7.54. The van der Waals surface area contributed by atoms with Crippen molar-refractivity contribution < 1.29 is 4.79 Å². The van der Waals surface area contributed by atoms with Gasteiger partial charge < -0.3 is 15.5 Å². The summed E-state index contributed by atoms with van der Waals surface area (Å²) in [7, 11) is 3.98. The Kier molecular flexibility index (Phi) is 5.82. The number of aromatic nitrogens is 2. The standard InChI is InChI=1S/C17H20N6O/c1-12-20-15(10-16(21-12)19-8-9-23(2)3)17(24)22-14-6-4-13(11-18)5-7-14/h4-7,10H,8-9H2,1-3H3,(H,22,24)(H,19,20,21). The van der Waals surface area contributed by atoms with Crippen LogP contribution in [0.4, 0.5) is 11.5 Å². The van der Waals surface area contributed by atoms with Crippen LogP contribution in [-0.4, -0.2) is 48.0 Å². The molecule has 24 heavy (non-hydrogen) atoms. The second-order valence-electron chi connectivity index (χ2n) is 5.56. The summed E-state index contributed by atoms with van der Waals surface area (Å²) in [6.07, 6.45) is 0. The Morgan fingerprint density at radius 2 is 1.96 bits per heavy atom. The summed E-state index contributed by atoms with van der Waals surface area (Å²) >= 11 is 0. The third-order valence-corrected chi connectivity index (χ3v) is 3.21. The first kappa shape index (κ1) is 17.4. The molecule has 0 fully saturated rings. The largest absolute Gasteiger partial charge is 0.369 e. The van der Waals surface area contributed by atoms with Gasteiger partial charge in [-0.15, -0.1) is 0 Å². The Balaban J connectivity index is 2.07. The number of amides is 1. The maximum atomic E-state index is 12.4. The molecule has 0 aliphatic heterocycles. The topological polar surface area (TPSA) is 93.9 Å². The van der Waals surface area contributed by atoms with Gasteiger partial charge >= 0.3 is 0 Å². The minimum Gasteiger partial charge on any atom is -0.369 e. The number of carbonyl (C=O) groups is 1. The van der Waals surface area contributed by atoms with Gasteiger partial charge in [-0.05, 0) is 45.3 Å². The smallest absolute Gasteiger partial charge is 0.274 e. The predicted molar refractivity (Wildman–Crippen MR) is 92.9 cm³/mol. The van der Waals surface area contributed by atoms with Crippen molar-refractivity contribution >= 4 is 17.4 Å². The number of anilines is 2. The summed E-state index contributed by atoms with van der Waals surface area (Å²) in [5, 5.41) is 14.7. The maximum Gasteiger partial charge on any atom is 0.274 e. The van der Waals surface area contributed by atoms with Crippen LogP contribution in [-0.2, 0) is 0 Å². The lowest BCUT2D eigenvalue weighted by molar-refractivity contribution is 0.102. The Labute approximate surface area is 141 Å².